The largest absolute Gasteiger partial charge is 0.452 e. The molecule has 30 heavy (non-hydrogen) atoms. The summed E-state index contributed by atoms with van der Waals surface area (Å²) in [6.07, 6.45) is 0. The van der Waals surface area contributed by atoms with E-state index < -0.39 is 5.97 Å². The van der Waals surface area contributed by atoms with Gasteiger partial charge in [0.05, 0.1) is 15.6 Å². The van der Waals surface area contributed by atoms with E-state index in [2.05, 4.69) is 10.2 Å². The Hall–Kier alpha value is -3.09. The average Bonchev–Trinajstić information content (AvgIpc) is 3.29. The molecule has 0 saturated carbocycles. The molecule has 4 aromatic rings. The molecule has 152 valence electrons. The number of aromatic amines is 1. The molecule has 0 aliphatic heterocycles. The van der Waals surface area contributed by atoms with Crippen LogP contribution in [0.25, 0.3) is 16.6 Å². The van der Waals surface area contributed by atoms with Crippen LogP contribution in [-0.4, -0.2) is 33.1 Å². The van der Waals surface area contributed by atoms with Gasteiger partial charge < -0.3 is 9.30 Å². The van der Waals surface area contributed by atoms with Crippen LogP contribution in [-0.2, 0) is 4.74 Å². The van der Waals surface area contributed by atoms with Crippen LogP contribution in [0.2, 0.25) is 10.0 Å². The lowest BCUT2D eigenvalue weighted by Crippen LogP contribution is -2.15. The standard InChI is InChI=1S/C22H17Cl2N3O3/c1-12-9-16(13(2)27(12)14-7-8-17(23)18(24)10-14)20(28)11-30-22(29)21-15-5-3-4-6-19(15)25-26-21/h3-10H,11H2,1-2H3,(H,25,26). The number of benzene rings is 2. The summed E-state index contributed by atoms with van der Waals surface area (Å²) in [6, 6.07) is 14.2. The maximum absolute atomic E-state index is 12.8. The predicted molar refractivity (Wildman–Crippen MR) is 116 cm³/mol. The van der Waals surface area contributed by atoms with Gasteiger partial charge in [-0.15, -0.1) is 0 Å². The van der Waals surface area contributed by atoms with E-state index in [0.717, 1.165) is 22.6 Å². The summed E-state index contributed by atoms with van der Waals surface area (Å²) in [4.78, 5) is 25.2. The van der Waals surface area contributed by atoms with Crippen molar-refractivity contribution in [2.24, 2.45) is 0 Å². The molecule has 0 radical (unpaired) electrons. The summed E-state index contributed by atoms with van der Waals surface area (Å²) in [5, 5.41) is 8.30. The van der Waals surface area contributed by atoms with Crippen LogP contribution >= 0.6 is 23.2 Å². The van der Waals surface area contributed by atoms with E-state index in [1.54, 1.807) is 30.3 Å². The number of aromatic nitrogens is 3. The molecular formula is C22H17Cl2N3O3. The maximum Gasteiger partial charge on any atom is 0.359 e. The molecule has 4 rings (SSSR count). The number of halogens is 2. The van der Waals surface area contributed by atoms with E-state index in [-0.39, 0.29) is 18.1 Å². The van der Waals surface area contributed by atoms with Crippen molar-refractivity contribution in [3.63, 3.8) is 0 Å². The van der Waals surface area contributed by atoms with Crippen molar-refractivity contribution in [1.29, 1.82) is 0 Å². The number of nitrogens with one attached hydrogen (secondary N) is 1. The molecular weight excluding hydrogens is 425 g/mol. The molecule has 0 amide bonds. The summed E-state index contributed by atoms with van der Waals surface area (Å²) in [5.41, 5.74) is 3.70. The molecule has 0 fully saturated rings. The molecule has 2 aromatic heterocycles. The lowest BCUT2D eigenvalue weighted by molar-refractivity contribution is 0.0470. The highest BCUT2D eigenvalue weighted by Gasteiger charge is 2.21. The predicted octanol–water partition coefficient (Wildman–Crippen LogP) is 5.32. The molecule has 0 bridgehead atoms. The summed E-state index contributed by atoms with van der Waals surface area (Å²) in [7, 11) is 0. The first-order chi connectivity index (χ1) is 14.4. The summed E-state index contributed by atoms with van der Waals surface area (Å²) < 4.78 is 7.14. The van der Waals surface area contributed by atoms with Gasteiger partial charge in [-0.25, -0.2) is 4.79 Å². The lowest BCUT2D eigenvalue weighted by atomic mass is 10.1. The number of ether oxygens (including phenoxy) is 1. The topological polar surface area (TPSA) is 77.0 Å². The van der Waals surface area contributed by atoms with Gasteiger partial charge in [0.25, 0.3) is 0 Å². The van der Waals surface area contributed by atoms with Crippen molar-refractivity contribution < 1.29 is 14.3 Å². The number of ketones is 1. The molecule has 0 aliphatic carbocycles. The Kier molecular flexibility index (Phi) is 5.37. The number of fused-ring (bicyclic) bond motifs is 1. The maximum atomic E-state index is 12.8. The molecule has 2 heterocycles. The minimum atomic E-state index is -0.654. The van der Waals surface area contributed by atoms with Crippen molar-refractivity contribution in [2.45, 2.75) is 13.8 Å². The molecule has 0 atom stereocenters. The number of hydrogen-bond donors (Lipinski definition) is 1. The number of H-pyrrole nitrogens is 1. The Morgan fingerprint density at radius 1 is 1.07 bits per heavy atom. The number of rotatable bonds is 5. The quantitative estimate of drug-likeness (QED) is 0.335. The van der Waals surface area contributed by atoms with Crippen LogP contribution in [0.5, 0.6) is 0 Å². The Morgan fingerprint density at radius 2 is 1.83 bits per heavy atom. The zero-order valence-electron chi connectivity index (χ0n) is 16.2. The van der Waals surface area contributed by atoms with E-state index in [0.29, 0.717) is 21.0 Å². The summed E-state index contributed by atoms with van der Waals surface area (Å²) in [5.74, 6) is -0.957. The van der Waals surface area contributed by atoms with Gasteiger partial charge in [0, 0.05) is 28.0 Å². The second-order valence-corrected chi connectivity index (χ2v) is 7.65. The van der Waals surface area contributed by atoms with Gasteiger partial charge in [0.15, 0.2) is 12.3 Å². The number of Topliss-reactive ketones (excluding diaryl/α,β-unsaturated/α-hetero) is 1. The van der Waals surface area contributed by atoms with Gasteiger partial charge in [-0.3, -0.25) is 9.89 Å². The lowest BCUT2D eigenvalue weighted by Gasteiger charge is -2.11. The van der Waals surface area contributed by atoms with E-state index in [1.807, 2.05) is 36.6 Å². The van der Waals surface area contributed by atoms with Crippen LogP contribution < -0.4 is 0 Å². The third-order valence-corrected chi connectivity index (χ3v) is 5.63. The van der Waals surface area contributed by atoms with Gasteiger partial charge in [0.1, 0.15) is 0 Å². The number of para-hydroxylation sites is 1. The zero-order chi connectivity index (χ0) is 21.4. The first-order valence-electron chi connectivity index (χ1n) is 9.14. The Labute approximate surface area is 182 Å². The van der Waals surface area contributed by atoms with Crippen LogP contribution in [0.3, 0.4) is 0 Å². The number of esters is 1. The fourth-order valence-electron chi connectivity index (χ4n) is 3.46. The monoisotopic (exact) mass is 441 g/mol. The first kappa shape index (κ1) is 20.2. The highest BCUT2D eigenvalue weighted by atomic mass is 35.5. The Bertz CT molecular complexity index is 1290. The van der Waals surface area contributed by atoms with E-state index in [4.69, 9.17) is 27.9 Å². The van der Waals surface area contributed by atoms with Gasteiger partial charge >= 0.3 is 5.97 Å². The molecule has 2 aromatic carbocycles. The van der Waals surface area contributed by atoms with Crippen LogP contribution in [0.4, 0.5) is 0 Å². The average molecular weight is 442 g/mol. The number of aryl methyl sites for hydroxylation is 1. The smallest absolute Gasteiger partial charge is 0.359 e. The molecule has 0 saturated heterocycles. The molecule has 1 N–H and O–H groups in total. The van der Waals surface area contributed by atoms with Crippen molar-refractivity contribution in [3.8, 4) is 5.69 Å². The molecule has 0 spiro atoms. The minimum Gasteiger partial charge on any atom is -0.452 e. The first-order valence-corrected chi connectivity index (χ1v) is 9.90. The van der Waals surface area contributed by atoms with Gasteiger partial charge in [0.2, 0.25) is 5.78 Å². The van der Waals surface area contributed by atoms with Crippen molar-refractivity contribution in [3.05, 3.63) is 81.2 Å². The second-order valence-electron chi connectivity index (χ2n) is 6.84. The fourth-order valence-corrected chi connectivity index (χ4v) is 3.76. The van der Waals surface area contributed by atoms with Crippen molar-refractivity contribution in [2.75, 3.05) is 6.61 Å². The van der Waals surface area contributed by atoms with E-state index in [9.17, 15) is 9.59 Å². The Balaban J connectivity index is 1.54. The molecule has 0 aliphatic rings. The van der Waals surface area contributed by atoms with Crippen LogP contribution in [0.1, 0.15) is 32.2 Å². The third kappa shape index (κ3) is 3.60. The molecule has 0 unspecified atom stereocenters. The van der Waals surface area contributed by atoms with Gasteiger partial charge in [-0.05, 0) is 44.2 Å². The van der Waals surface area contributed by atoms with E-state index in [1.165, 1.54) is 0 Å². The van der Waals surface area contributed by atoms with Crippen LogP contribution in [0.15, 0.2) is 48.5 Å². The number of nitrogens with zero attached hydrogens (tertiary/aromatic N) is 2. The van der Waals surface area contributed by atoms with Gasteiger partial charge in [-0.1, -0.05) is 41.4 Å². The second kappa shape index (κ2) is 7.97. The normalized spacial score (nSPS) is 11.1. The number of carbonyl (C=O) groups excluding carboxylic acids is 2. The highest BCUT2D eigenvalue weighted by Crippen LogP contribution is 2.28. The minimum absolute atomic E-state index is 0.152. The highest BCUT2D eigenvalue weighted by molar-refractivity contribution is 6.42. The molecule has 6 nitrogen and oxygen atoms in total. The van der Waals surface area contributed by atoms with Crippen molar-refractivity contribution >= 4 is 45.9 Å². The summed E-state index contributed by atoms with van der Waals surface area (Å²) in [6.45, 7) is 3.33. The summed E-state index contributed by atoms with van der Waals surface area (Å²) >= 11 is 12.1. The SMILES string of the molecule is Cc1cc(C(=O)COC(=O)c2n[nH]c3ccccc23)c(C)n1-c1ccc(Cl)c(Cl)c1. The van der Waals surface area contributed by atoms with Crippen molar-refractivity contribution in [1.82, 2.24) is 14.8 Å². The van der Waals surface area contributed by atoms with Gasteiger partial charge in [-0.2, -0.15) is 5.10 Å². The van der Waals surface area contributed by atoms with Crippen LogP contribution in [0, 0.1) is 13.8 Å². The molecule has 8 heteroatoms. The fraction of sp³-hybridized carbons (Fsp3) is 0.136. The zero-order valence-corrected chi connectivity index (χ0v) is 17.7. The number of hydrogen-bond acceptors (Lipinski definition) is 4. The third-order valence-electron chi connectivity index (χ3n) is 4.89. The Morgan fingerprint density at radius 3 is 2.60 bits per heavy atom. The van der Waals surface area contributed by atoms with E-state index >= 15 is 0 Å². The number of carbonyl (C=O) groups is 2.